The molecule has 0 radical (unpaired) electrons. The quantitative estimate of drug-likeness (QED) is 0.186. The topological polar surface area (TPSA) is 0 Å². The molecule has 6 heteroatoms. The van der Waals surface area contributed by atoms with Crippen LogP contribution in [0.15, 0.2) is 28.9 Å². The van der Waals surface area contributed by atoms with Gasteiger partial charge in [-0.3, -0.25) is 0 Å². The van der Waals surface area contributed by atoms with Crippen LogP contribution in [-0.4, -0.2) is 42.1 Å². The third kappa shape index (κ3) is 11.9. The summed E-state index contributed by atoms with van der Waals surface area (Å²) >= 11 is 8.37. The molecule has 0 N–H and O–H groups in total. The molecular weight excluding hydrogens is 731 g/mol. The van der Waals surface area contributed by atoms with Crippen LogP contribution in [0.4, 0.5) is 0 Å². The van der Waals surface area contributed by atoms with Crippen molar-refractivity contribution in [2.75, 3.05) is 37.0 Å². The van der Waals surface area contributed by atoms with E-state index >= 15 is 0 Å². The van der Waals surface area contributed by atoms with Gasteiger partial charge < -0.3 is 0 Å². The van der Waals surface area contributed by atoms with Crippen LogP contribution in [0.2, 0.25) is 0 Å². The molecule has 0 fully saturated rings. The van der Waals surface area contributed by atoms with E-state index in [4.69, 9.17) is 11.2 Å². The van der Waals surface area contributed by atoms with E-state index in [9.17, 15) is 0 Å². The summed E-state index contributed by atoms with van der Waals surface area (Å²) in [5, 5.41) is -0.0239. The second-order valence-electron chi connectivity index (χ2n) is 12.7. The van der Waals surface area contributed by atoms with E-state index in [2.05, 4.69) is 131 Å². The molecule has 222 valence electrons. The molecule has 1 aliphatic carbocycles. The molecule has 0 saturated heterocycles. The summed E-state index contributed by atoms with van der Waals surface area (Å²) in [6.45, 7) is 34.4. The molecule has 1 heterocycles. The molecule has 0 aromatic carbocycles. The molecule has 0 aromatic rings. The number of hydrogen-bond acceptors (Lipinski definition) is 0. The van der Waals surface area contributed by atoms with E-state index in [1.165, 1.54) is 53.7 Å². The maximum atomic E-state index is 6.76. The van der Waals surface area contributed by atoms with Gasteiger partial charge in [-0.1, -0.05) is 128 Å². The van der Waals surface area contributed by atoms with Gasteiger partial charge in [0.2, 0.25) is 0 Å². The van der Waals surface area contributed by atoms with Gasteiger partial charge in [0.15, 0.2) is 0 Å². The summed E-state index contributed by atoms with van der Waals surface area (Å²) in [7, 11) is 4.78. The van der Waals surface area contributed by atoms with Gasteiger partial charge in [0.1, 0.15) is 0 Å². The summed E-state index contributed by atoms with van der Waals surface area (Å²) in [6.07, 6.45) is 13.4. The number of hydrogen-bond donors (Lipinski definition) is 0. The van der Waals surface area contributed by atoms with E-state index in [1.54, 1.807) is 18.8 Å². The first-order valence-corrected chi connectivity index (χ1v) is 22.9. The third-order valence-electron chi connectivity index (χ3n) is 7.34. The van der Waals surface area contributed by atoms with Crippen LogP contribution < -0.4 is 0 Å². The molecule has 0 bridgehead atoms. The van der Waals surface area contributed by atoms with Gasteiger partial charge in [-0.25, -0.2) is 5.82 Å². The monoisotopic (exact) mass is 789 g/mol. The minimum absolute atomic E-state index is 0.0239. The van der Waals surface area contributed by atoms with Crippen LogP contribution in [-0.2, 0) is 18.8 Å². The molecular formula is C31H59Cl2P3Pt. The molecule has 2 unspecified atom stereocenters. The van der Waals surface area contributed by atoms with Crippen molar-refractivity contribution in [3.63, 3.8) is 0 Å². The van der Waals surface area contributed by atoms with Crippen LogP contribution >= 0.6 is 43.8 Å². The zero-order valence-corrected chi connectivity index (χ0v) is 33.3. The minimum atomic E-state index is -0.727. The number of fused-ring (bicyclic) bond motifs is 1. The summed E-state index contributed by atoms with van der Waals surface area (Å²) in [6, 6.07) is 0. The third-order valence-corrected chi connectivity index (χ3v) is 15.8. The van der Waals surface area contributed by atoms with Crippen molar-refractivity contribution in [2.24, 2.45) is 16.2 Å². The fraction of sp³-hybridized carbons (Fsp3) is 0.806. The summed E-state index contributed by atoms with van der Waals surface area (Å²) in [5.74, 6) is 3.55. The van der Waals surface area contributed by atoms with Crippen LogP contribution in [0.3, 0.4) is 0 Å². The van der Waals surface area contributed by atoms with Gasteiger partial charge in [-0.05, 0) is 47.8 Å². The summed E-state index contributed by atoms with van der Waals surface area (Å²) < 4.78 is 0. The van der Waals surface area contributed by atoms with Gasteiger partial charge in [0.05, 0.1) is 0 Å². The Hall–Kier alpha value is 1.78. The Labute approximate surface area is 257 Å². The molecule has 0 amide bonds. The Bertz CT molecular complexity index is 708. The predicted octanol–water partition coefficient (Wildman–Crippen LogP) is 12.8. The summed E-state index contributed by atoms with van der Waals surface area (Å²) in [5.41, 5.74) is 4.57. The van der Waals surface area contributed by atoms with Crippen LogP contribution in [0.1, 0.15) is 104 Å². The first-order chi connectivity index (χ1) is 16.9. The Morgan fingerprint density at radius 2 is 1.08 bits per heavy atom. The SMILES string of the molecule is CC(C)(C)C1=CC2(C(C)(C)C)C(=[C-]P2Cl)C(C(C)(C)C)=C1.CCP(CC)CC.CCP(CC)CC.[Cl][Pt+]. The fourth-order valence-electron chi connectivity index (χ4n) is 4.46. The number of allylic oxidation sites excluding steroid dienone is 5. The molecule has 0 spiro atoms. The first kappa shape index (κ1) is 40.9. The average Bonchev–Trinajstić information content (AvgIpc) is 2.80. The molecule has 2 rings (SSSR count). The Kier molecular flexibility index (Phi) is 20.3. The van der Waals surface area contributed by atoms with Crippen molar-refractivity contribution in [3.8, 4) is 0 Å². The molecule has 0 saturated carbocycles. The van der Waals surface area contributed by atoms with Crippen molar-refractivity contribution in [1.82, 2.24) is 0 Å². The van der Waals surface area contributed by atoms with E-state index in [0.717, 1.165) is 0 Å². The second kappa shape index (κ2) is 18.3. The summed E-state index contributed by atoms with van der Waals surface area (Å²) in [4.78, 5) is 0. The van der Waals surface area contributed by atoms with Crippen molar-refractivity contribution in [3.05, 3.63) is 34.7 Å². The van der Waals surface area contributed by atoms with Gasteiger partial charge in [-0.15, -0.1) is 33.2 Å². The molecule has 0 nitrogen and oxygen atoms in total. The maximum absolute atomic E-state index is 6.76. The Morgan fingerprint density at radius 3 is 1.27 bits per heavy atom. The van der Waals surface area contributed by atoms with Crippen molar-refractivity contribution >= 4 is 43.8 Å². The molecule has 2 aliphatic rings. The Morgan fingerprint density at radius 1 is 0.730 bits per heavy atom. The van der Waals surface area contributed by atoms with Crippen molar-refractivity contribution in [1.29, 1.82) is 0 Å². The fourth-order valence-corrected chi connectivity index (χ4v) is 10.3. The van der Waals surface area contributed by atoms with E-state index < -0.39 is 7.27 Å². The average molecular weight is 791 g/mol. The van der Waals surface area contributed by atoms with E-state index in [1.807, 2.05) is 0 Å². The van der Waals surface area contributed by atoms with Gasteiger partial charge in [0, 0.05) is 5.16 Å². The standard InChI is InChI=1S/C19H29ClP.2C6H15P.ClH.Pt/c1-16(2,3)13-10-14(17(4,5)6)15-12-21(20)19(15,11-13)18(7,8)9;2*1-4-7(5-2)6-3;;/h10-11H,1-9H3;2*4-6H2,1-3H3;1H;/q-1;;;;+2/p-1. The van der Waals surface area contributed by atoms with Crippen LogP contribution in [0, 0.1) is 22.1 Å². The molecule has 0 aromatic heterocycles. The zero-order chi connectivity index (χ0) is 29.8. The van der Waals surface area contributed by atoms with E-state index in [0.29, 0.717) is 15.8 Å². The van der Waals surface area contributed by atoms with Crippen LogP contribution in [0.25, 0.3) is 0 Å². The number of rotatable bonds is 6. The van der Waals surface area contributed by atoms with Gasteiger partial charge in [-0.2, -0.15) is 11.1 Å². The van der Waals surface area contributed by atoms with Crippen molar-refractivity contribution in [2.45, 2.75) is 109 Å². The predicted molar refractivity (Wildman–Crippen MR) is 180 cm³/mol. The number of halogens is 2. The molecule has 2 atom stereocenters. The van der Waals surface area contributed by atoms with Gasteiger partial charge in [0.25, 0.3) is 0 Å². The van der Waals surface area contributed by atoms with Gasteiger partial charge >= 0.3 is 28.2 Å². The van der Waals surface area contributed by atoms with Crippen LogP contribution in [0.5, 0.6) is 0 Å². The zero-order valence-electron chi connectivity index (χ0n) is 26.8. The Balaban J connectivity index is 0. The van der Waals surface area contributed by atoms with Crippen molar-refractivity contribution < 1.29 is 18.8 Å². The molecule has 1 aliphatic heterocycles. The first-order valence-electron chi connectivity index (χ1n) is 14.0. The second-order valence-corrected chi connectivity index (χ2v) is 21.7. The van der Waals surface area contributed by atoms with E-state index in [-0.39, 0.29) is 21.4 Å². The normalized spacial score (nSPS) is 21.1. The molecule has 37 heavy (non-hydrogen) atoms.